The fourth-order valence-corrected chi connectivity index (χ4v) is 3.20. The number of likely N-dealkylation sites (tertiary alicyclic amines) is 1. The molecule has 0 radical (unpaired) electrons. The fourth-order valence-electron chi connectivity index (χ4n) is 3.20. The molecule has 0 amide bonds. The predicted molar refractivity (Wildman–Crippen MR) is 84.9 cm³/mol. The molecule has 3 rings (SSSR count). The maximum absolute atomic E-state index is 2.63. The minimum absolute atomic E-state index is 0.537. The second-order valence-corrected chi connectivity index (χ2v) is 6.40. The highest BCUT2D eigenvalue weighted by atomic mass is 15.2. The first-order chi connectivity index (χ1) is 10.2. The first kappa shape index (κ1) is 14.3. The Balaban J connectivity index is 1.63. The van der Waals surface area contributed by atoms with Crippen molar-refractivity contribution in [1.29, 1.82) is 0 Å². The van der Waals surface area contributed by atoms with E-state index in [0.29, 0.717) is 12.1 Å². The van der Waals surface area contributed by atoms with Gasteiger partial charge in [0.25, 0.3) is 0 Å². The summed E-state index contributed by atoms with van der Waals surface area (Å²) >= 11 is 0. The van der Waals surface area contributed by atoms with Crippen LogP contribution in [-0.4, -0.2) is 22.1 Å². The SMILES string of the molecule is CC(C)n1cc[n+](CC2CCCN2Cc2ccccc2)c1. The van der Waals surface area contributed by atoms with Crippen LogP contribution in [0.4, 0.5) is 0 Å². The second kappa shape index (κ2) is 6.44. The van der Waals surface area contributed by atoms with E-state index in [1.807, 2.05) is 0 Å². The molecule has 21 heavy (non-hydrogen) atoms. The van der Waals surface area contributed by atoms with Crippen molar-refractivity contribution in [2.75, 3.05) is 6.54 Å². The van der Waals surface area contributed by atoms with Crippen LogP contribution >= 0.6 is 0 Å². The lowest BCUT2D eigenvalue weighted by Crippen LogP contribution is -2.43. The third-order valence-electron chi connectivity index (χ3n) is 4.46. The summed E-state index contributed by atoms with van der Waals surface area (Å²) in [6, 6.07) is 12.0. The van der Waals surface area contributed by atoms with Gasteiger partial charge in [0.2, 0.25) is 6.33 Å². The molecule has 2 aromatic rings. The molecule has 3 nitrogen and oxygen atoms in total. The average molecular weight is 284 g/mol. The lowest BCUT2D eigenvalue weighted by molar-refractivity contribution is -0.700. The third kappa shape index (κ3) is 3.53. The van der Waals surface area contributed by atoms with Gasteiger partial charge >= 0.3 is 0 Å². The number of hydrogen-bond acceptors (Lipinski definition) is 1. The molecule has 1 fully saturated rings. The van der Waals surface area contributed by atoms with Crippen molar-refractivity contribution in [2.45, 2.75) is 51.9 Å². The minimum Gasteiger partial charge on any atom is -0.292 e. The summed E-state index contributed by atoms with van der Waals surface area (Å²) in [4.78, 5) is 2.63. The van der Waals surface area contributed by atoms with E-state index in [9.17, 15) is 0 Å². The standard InChI is InChI=1S/C18H26N3/c1-16(2)21-12-11-19(15-21)14-18-9-6-10-20(18)13-17-7-4-3-5-8-17/h3-5,7-8,11-12,15-16,18H,6,9-10,13-14H2,1-2H3/q+1. The summed E-state index contributed by atoms with van der Waals surface area (Å²) < 4.78 is 4.62. The van der Waals surface area contributed by atoms with Crippen LogP contribution < -0.4 is 4.57 Å². The lowest BCUT2D eigenvalue weighted by atomic mass is 10.2. The molecule has 1 atom stereocenters. The van der Waals surface area contributed by atoms with Gasteiger partial charge < -0.3 is 0 Å². The van der Waals surface area contributed by atoms with E-state index in [1.54, 1.807) is 0 Å². The van der Waals surface area contributed by atoms with Gasteiger partial charge in [-0.3, -0.25) is 4.90 Å². The summed E-state index contributed by atoms with van der Waals surface area (Å²) in [5.74, 6) is 0. The first-order valence-corrected chi connectivity index (χ1v) is 8.07. The van der Waals surface area contributed by atoms with Crippen molar-refractivity contribution in [3.63, 3.8) is 0 Å². The molecule has 0 bridgehead atoms. The van der Waals surface area contributed by atoms with E-state index < -0.39 is 0 Å². The monoisotopic (exact) mass is 284 g/mol. The average Bonchev–Trinajstić information content (AvgIpc) is 3.11. The quantitative estimate of drug-likeness (QED) is 0.769. The summed E-state index contributed by atoms with van der Waals surface area (Å²) in [6.07, 6.45) is 9.26. The van der Waals surface area contributed by atoms with Crippen LogP contribution in [0.3, 0.4) is 0 Å². The molecule has 2 heterocycles. The lowest BCUT2D eigenvalue weighted by Gasteiger charge is -2.23. The highest BCUT2D eigenvalue weighted by molar-refractivity contribution is 5.14. The Hall–Kier alpha value is -1.61. The van der Waals surface area contributed by atoms with Gasteiger partial charge in [-0.25, -0.2) is 9.13 Å². The Morgan fingerprint density at radius 1 is 1.24 bits per heavy atom. The molecule has 1 aromatic carbocycles. The molecule has 1 saturated heterocycles. The maximum Gasteiger partial charge on any atom is 0.244 e. The first-order valence-electron chi connectivity index (χ1n) is 8.07. The zero-order valence-electron chi connectivity index (χ0n) is 13.2. The van der Waals surface area contributed by atoms with Crippen LogP contribution in [0.1, 0.15) is 38.3 Å². The van der Waals surface area contributed by atoms with Gasteiger partial charge in [0.1, 0.15) is 18.9 Å². The van der Waals surface area contributed by atoms with Gasteiger partial charge in [0.05, 0.1) is 6.04 Å². The van der Waals surface area contributed by atoms with Crippen LogP contribution in [0.15, 0.2) is 49.1 Å². The molecule has 0 aliphatic carbocycles. The Morgan fingerprint density at radius 2 is 2.05 bits per heavy atom. The molecule has 0 saturated carbocycles. The summed E-state index contributed by atoms with van der Waals surface area (Å²) in [6.45, 7) is 7.86. The number of imidazole rings is 1. The summed E-state index contributed by atoms with van der Waals surface area (Å²) in [5, 5.41) is 0. The Morgan fingerprint density at radius 3 is 2.76 bits per heavy atom. The molecule has 0 N–H and O–H groups in total. The number of nitrogens with zero attached hydrogens (tertiary/aromatic N) is 3. The summed E-state index contributed by atoms with van der Waals surface area (Å²) in [7, 11) is 0. The molecule has 112 valence electrons. The number of hydrogen-bond donors (Lipinski definition) is 0. The molecule has 1 aromatic heterocycles. The van der Waals surface area contributed by atoms with Crippen LogP contribution in [0.25, 0.3) is 0 Å². The molecule has 1 aliphatic heterocycles. The second-order valence-electron chi connectivity index (χ2n) is 6.40. The molecule has 3 heteroatoms. The van der Waals surface area contributed by atoms with Gasteiger partial charge in [-0.15, -0.1) is 0 Å². The number of rotatable bonds is 5. The fraction of sp³-hybridized carbons (Fsp3) is 0.500. The number of benzene rings is 1. The predicted octanol–water partition coefficient (Wildman–Crippen LogP) is 3.02. The maximum atomic E-state index is 2.63. The Bertz CT molecular complexity index is 559. The van der Waals surface area contributed by atoms with Gasteiger partial charge in [-0.05, 0) is 38.8 Å². The Kier molecular flexibility index (Phi) is 4.39. The molecule has 0 spiro atoms. The van der Waals surface area contributed by atoms with Crippen molar-refractivity contribution in [1.82, 2.24) is 9.47 Å². The van der Waals surface area contributed by atoms with Crippen LogP contribution in [0.5, 0.6) is 0 Å². The largest absolute Gasteiger partial charge is 0.292 e. The van der Waals surface area contributed by atoms with Gasteiger partial charge in [-0.2, -0.15) is 0 Å². The van der Waals surface area contributed by atoms with Crippen molar-refractivity contribution in [2.24, 2.45) is 0 Å². The van der Waals surface area contributed by atoms with Crippen LogP contribution in [-0.2, 0) is 13.1 Å². The minimum atomic E-state index is 0.537. The van der Waals surface area contributed by atoms with E-state index >= 15 is 0 Å². The van der Waals surface area contributed by atoms with E-state index in [0.717, 1.165) is 13.1 Å². The zero-order valence-corrected chi connectivity index (χ0v) is 13.2. The van der Waals surface area contributed by atoms with Crippen molar-refractivity contribution >= 4 is 0 Å². The van der Waals surface area contributed by atoms with Gasteiger partial charge in [0.15, 0.2) is 0 Å². The van der Waals surface area contributed by atoms with E-state index in [1.165, 1.54) is 24.9 Å². The highest BCUT2D eigenvalue weighted by Crippen LogP contribution is 2.20. The molecular formula is C18H26N3+. The van der Waals surface area contributed by atoms with Gasteiger partial charge in [0, 0.05) is 12.6 Å². The summed E-state index contributed by atoms with van der Waals surface area (Å²) in [5.41, 5.74) is 1.43. The van der Waals surface area contributed by atoms with Crippen molar-refractivity contribution in [3.8, 4) is 0 Å². The third-order valence-corrected chi connectivity index (χ3v) is 4.46. The highest BCUT2D eigenvalue weighted by Gasteiger charge is 2.26. The van der Waals surface area contributed by atoms with E-state index in [2.05, 4.69) is 76.9 Å². The smallest absolute Gasteiger partial charge is 0.244 e. The van der Waals surface area contributed by atoms with E-state index in [4.69, 9.17) is 0 Å². The molecule has 1 aliphatic rings. The van der Waals surface area contributed by atoms with Crippen LogP contribution in [0.2, 0.25) is 0 Å². The zero-order chi connectivity index (χ0) is 14.7. The Labute approximate surface area is 127 Å². The van der Waals surface area contributed by atoms with Crippen molar-refractivity contribution < 1.29 is 4.57 Å². The molecular weight excluding hydrogens is 258 g/mol. The van der Waals surface area contributed by atoms with Crippen LogP contribution in [0, 0.1) is 0 Å². The van der Waals surface area contributed by atoms with Crippen molar-refractivity contribution in [3.05, 3.63) is 54.6 Å². The number of aromatic nitrogens is 2. The van der Waals surface area contributed by atoms with Gasteiger partial charge in [-0.1, -0.05) is 30.3 Å². The molecule has 1 unspecified atom stereocenters. The normalized spacial score (nSPS) is 19.5. The van der Waals surface area contributed by atoms with E-state index in [-0.39, 0.29) is 0 Å². The topological polar surface area (TPSA) is 12.0 Å².